The SMILES string of the molecule is O=C(c1csc(CN(Cc2cccc(C(F)(F)F)c2)Cc2ccccc2F)n1)N1CCCC1. The second kappa shape index (κ2) is 10.0. The van der Waals surface area contributed by atoms with Gasteiger partial charge in [0.25, 0.3) is 5.91 Å². The van der Waals surface area contributed by atoms with Crippen LogP contribution in [-0.4, -0.2) is 33.8 Å². The van der Waals surface area contributed by atoms with Crippen molar-refractivity contribution in [1.82, 2.24) is 14.8 Å². The number of carbonyl (C=O) groups is 1. The van der Waals surface area contributed by atoms with Crippen LogP contribution in [0.3, 0.4) is 0 Å². The quantitative estimate of drug-likeness (QED) is 0.407. The van der Waals surface area contributed by atoms with E-state index in [0.717, 1.165) is 38.1 Å². The van der Waals surface area contributed by atoms with Crippen molar-refractivity contribution >= 4 is 17.2 Å². The Hall–Kier alpha value is -2.78. The van der Waals surface area contributed by atoms with Crippen molar-refractivity contribution in [2.75, 3.05) is 13.1 Å². The molecule has 1 aliphatic heterocycles. The van der Waals surface area contributed by atoms with E-state index in [1.807, 2.05) is 4.90 Å². The van der Waals surface area contributed by atoms with Crippen molar-refractivity contribution in [2.45, 2.75) is 38.7 Å². The Balaban J connectivity index is 1.54. The highest BCUT2D eigenvalue weighted by Gasteiger charge is 2.30. The summed E-state index contributed by atoms with van der Waals surface area (Å²) >= 11 is 1.32. The lowest BCUT2D eigenvalue weighted by Crippen LogP contribution is -2.28. The normalized spacial score (nSPS) is 14.3. The molecule has 4 nitrogen and oxygen atoms in total. The minimum atomic E-state index is -4.44. The van der Waals surface area contributed by atoms with Gasteiger partial charge in [0.05, 0.1) is 12.1 Å². The predicted molar refractivity (Wildman–Crippen MR) is 118 cm³/mol. The predicted octanol–water partition coefficient (Wildman–Crippen LogP) is 5.74. The lowest BCUT2D eigenvalue weighted by Gasteiger charge is -2.22. The van der Waals surface area contributed by atoms with E-state index in [2.05, 4.69) is 4.98 Å². The first-order valence-corrected chi connectivity index (χ1v) is 11.5. The molecule has 1 amide bonds. The van der Waals surface area contributed by atoms with E-state index in [1.54, 1.807) is 34.5 Å². The molecule has 1 aromatic heterocycles. The zero-order valence-corrected chi connectivity index (χ0v) is 18.6. The molecule has 0 spiro atoms. The molecule has 1 saturated heterocycles. The molecule has 0 saturated carbocycles. The highest BCUT2D eigenvalue weighted by atomic mass is 32.1. The standard InChI is InChI=1S/C24H23F4N3OS/c25-20-9-2-1-7-18(20)14-30(13-17-6-5-8-19(12-17)24(26,27)28)15-22-29-21(16-33-22)23(32)31-10-3-4-11-31/h1-2,5-9,12,16H,3-4,10-11,13-15H2. The number of rotatable bonds is 7. The zero-order chi connectivity index (χ0) is 23.4. The minimum Gasteiger partial charge on any atom is -0.337 e. The van der Waals surface area contributed by atoms with Gasteiger partial charge in [-0.2, -0.15) is 13.2 Å². The summed E-state index contributed by atoms with van der Waals surface area (Å²) in [6.45, 7) is 2.09. The molecule has 33 heavy (non-hydrogen) atoms. The Morgan fingerprint density at radius 1 is 1.03 bits per heavy atom. The van der Waals surface area contributed by atoms with Crippen molar-refractivity contribution in [2.24, 2.45) is 0 Å². The van der Waals surface area contributed by atoms with Gasteiger partial charge in [-0.1, -0.05) is 36.4 Å². The summed E-state index contributed by atoms with van der Waals surface area (Å²) < 4.78 is 53.7. The smallest absolute Gasteiger partial charge is 0.337 e. The van der Waals surface area contributed by atoms with E-state index in [-0.39, 0.29) is 31.4 Å². The molecule has 0 bridgehead atoms. The van der Waals surface area contributed by atoms with Crippen molar-refractivity contribution in [1.29, 1.82) is 0 Å². The molecule has 3 aromatic rings. The third-order valence-electron chi connectivity index (χ3n) is 5.54. The molecule has 4 rings (SSSR count). The van der Waals surface area contributed by atoms with Crippen LogP contribution < -0.4 is 0 Å². The van der Waals surface area contributed by atoms with Gasteiger partial charge >= 0.3 is 6.18 Å². The summed E-state index contributed by atoms with van der Waals surface area (Å²) in [6.07, 6.45) is -2.47. The van der Waals surface area contributed by atoms with Gasteiger partial charge in [0.1, 0.15) is 16.5 Å². The highest BCUT2D eigenvalue weighted by Crippen LogP contribution is 2.30. The van der Waals surface area contributed by atoms with E-state index in [0.29, 0.717) is 21.8 Å². The van der Waals surface area contributed by atoms with Gasteiger partial charge in [0.2, 0.25) is 0 Å². The minimum absolute atomic E-state index is 0.103. The first-order chi connectivity index (χ1) is 15.8. The van der Waals surface area contributed by atoms with Crippen LogP contribution in [-0.2, 0) is 25.8 Å². The molecule has 0 atom stereocenters. The van der Waals surface area contributed by atoms with Crippen molar-refractivity contribution in [3.63, 3.8) is 0 Å². The van der Waals surface area contributed by atoms with E-state index >= 15 is 0 Å². The summed E-state index contributed by atoms with van der Waals surface area (Å²) in [6, 6.07) is 11.4. The zero-order valence-electron chi connectivity index (χ0n) is 17.8. The van der Waals surface area contributed by atoms with E-state index in [1.165, 1.54) is 23.5 Å². The van der Waals surface area contributed by atoms with Gasteiger partial charge in [0, 0.05) is 37.1 Å². The number of alkyl halides is 3. The monoisotopic (exact) mass is 477 g/mol. The number of amides is 1. The fourth-order valence-electron chi connectivity index (χ4n) is 3.89. The summed E-state index contributed by atoms with van der Waals surface area (Å²) in [5, 5.41) is 2.36. The maximum Gasteiger partial charge on any atom is 0.416 e. The lowest BCUT2D eigenvalue weighted by atomic mass is 10.1. The van der Waals surface area contributed by atoms with Crippen LogP contribution >= 0.6 is 11.3 Å². The van der Waals surface area contributed by atoms with Crippen LogP contribution in [0.25, 0.3) is 0 Å². The molecular weight excluding hydrogens is 454 g/mol. The molecule has 9 heteroatoms. The molecule has 174 valence electrons. The largest absolute Gasteiger partial charge is 0.416 e. The lowest BCUT2D eigenvalue weighted by molar-refractivity contribution is -0.137. The summed E-state index contributed by atoms with van der Waals surface area (Å²) in [7, 11) is 0. The van der Waals surface area contributed by atoms with Crippen LogP contribution in [0.4, 0.5) is 17.6 Å². The van der Waals surface area contributed by atoms with Crippen molar-refractivity contribution in [3.05, 3.63) is 87.1 Å². The van der Waals surface area contributed by atoms with Crippen LogP contribution in [0.5, 0.6) is 0 Å². The number of hydrogen-bond donors (Lipinski definition) is 0. The number of hydrogen-bond acceptors (Lipinski definition) is 4. The number of nitrogens with zero attached hydrogens (tertiary/aromatic N) is 3. The molecule has 0 unspecified atom stereocenters. The van der Waals surface area contributed by atoms with Crippen LogP contribution in [0.2, 0.25) is 0 Å². The van der Waals surface area contributed by atoms with Gasteiger partial charge < -0.3 is 4.90 Å². The second-order valence-electron chi connectivity index (χ2n) is 8.06. The Labute approximate surface area is 193 Å². The Bertz CT molecular complexity index is 1110. The van der Waals surface area contributed by atoms with E-state index < -0.39 is 11.7 Å². The van der Waals surface area contributed by atoms with Crippen LogP contribution in [0.15, 0.2) is 53.9 Å². The number of likely N-dealkylation sites (tertiary alicyclic amines) is 1. The topological polar surface area (TPSA) is 36.4 Å². The molecular formula is C24H23F4N3OS. The number of halogens is 4. The molecule has 2 heterocycles. The molecule has 2 aromatic carbocycles. The Kier molecular flexibility index (Phi) is 7.09. The Morgan fingerprint density at radius 2 is 1.79 bits per heavy atom. The Morgan fingerprint density at radius 3 is 2.52 bits per heavy atom. The highest BCUT2D eigenvalue weighted by molar-refractivity contribution is 7.09. The maximum atomic E-state index is 14.3. The second-order valence-corrected chi connectivity index (χ2v) is 9.00. The van der Waals surface area contributed by atoms with Gasteiger partial charge in [-0.15, -0.1) is 11.3 Å². The number of carbonyl (C=O) groups excluding carboxylic acids is 1. The maximum absolute atomic E-state index is 14.3. The molecule has 0 N–H and O–H groups in total. The van der Waals surface area contributed by atoms with Gasteiger partial charge in [-0.25, -0.2) is 9.37 Å². The molecule has 0 radical (unpaired) electrons. The molecule has 1 aliphatic rings. The first-order valence-electron chi connectivity index (χ1n) is 10.6. The van der Waals surface area contributed by atoms with Crippen molar-refractivity contribution < 1.29 is 22.4 Å². The number of aromatic nitrogens is 1. The number of thiazole rings is 1. The van der Waals surface area contributed by atoms with Crippen LogP contribution in [0, 0.1) is 5.82 Å². The average molecular weight is 478 g/mol. The number of benzene rings is 2. The van der Waals surface area contributed by atoms with Gasteiger partial charge in [-0.3, -0.25) is 9.69 Å². The van der Waals surface area contributed by atoms with Gasteiger partial charge in [-0.05, 0) is 30.5 Å². The fourth-order valence-corrected chi connectivity index (χ4v) is 4.70. The van der Waals surface area contributed by atoms with Crippen LogP contribution in [0.1, 0.15) is 45.0 Å². The summed E-state index contributed by atoms with van der Waals surface area (Å²) in [4.78, 5) is 20.7. The van der Waals surface area contributed by atoms with Gasteiger partial charge in [0.15, 0.2) is 0 Å². The summed E-state index contributed by atoms with van der Waals surface area (Å²) in [5.41, 5.74) is 0.556. The van der Waals surface area contributed by atoms with E-state index in [9.17, 15) is 22.4 Å². The fraction of sp³-hybridized carbons (Fsp3) is 0.333. The average Bonchev–Trinajstić information content (AvgIpc) is 3.47. The molecule has 1 fully saturated rings. The molecule has 0 aliphatic carbocycles. The summed E-state index contributed by atoms with van der Waals surface area (Å²) in [5.74, 6) is -0.482. The van der Waals surface area contributed by atoms with E-state index in [4.69, 9.17) is 0 Å². The first kappa shape index (κ1) is 23.4. The third kappa shape index (κ3) is 5.97. The van der Waals surface area contributed by atoms with Crippen molar-refractivity contribution in [3.8, 4) is 0 Å². The third-order valence-corrected chi connectivity index (χ3v) is 6.37.